The monoisotopic (exact) mass is 358 g/mol. The van der Waals surface area contributed by atoms with E-state index in [1.165, 1.54) is 6.07 Å². The molecule has 6 heteroatoms. The van der Waals surface area contributed by atoms with E-state index >= 15 is 0 Å². The number of ether oxygens (including phenoxy) is 1. The smallest absolute Gasteiger partial charge is 0.338 e. The van der Waals surface area contributed by atoms with E-state index in [4.69, 9.17) is 10.00 Å². The zero-order valence-corrected chi connectivity index (χ0v) is 13.0. The Bertz CT molecular complexity index is 753. The number of carbonyl (C=O) groups is 2. The summed E-state index contributed by atoms with van der Waals surface area (Å²) in [6.07, 6.45) is 0. The van der Waals surface area contributed by atoms with E-state index in [-0.39, 0.29) is 0 Å². The molecule has 110 valence electrons. The van der Waals surface area contributed by atoms with Gasteiger partial charge in [-0.1, -0.05) is 28.1 Å². The summed E-state index contributed by atoms with van der Waals surface area (Å²) >= 11 is 3.25. The molecule has 0 saturated heterocycles. The first kappa shape index (κ1) is 15.7. The number of anilines is 1. The van der Waals surface area contributed by atoms with Crippen LogP contribution in [0.3, 0.4) is 0 Å². The third-order valence-electron chi connectivity index (χ3n) is 2.67. The summed E-state index contributed by atoms with van der Waals surface area (Å²) in [5, 5.41) is 11.3. The number of benzene rings is 2. The van der Waals surface area contributed by atoms with Gasteiger partial charge in [0.2, 0.25) is 0 Å². The molecule has 0 aliphatic heterocycles. The van der Waals surface area contributed by atoms with Gasteiger partial charge in [0.1, 0.15) is 0 Å². The third-order valence-corrected chi connectivity index (χ3v) is 3.16. The van der Waals surface area contributed by atoms with Gasteiger partial charge in [-0.25, -0.2) is 4.79 Å². The third kappa shape index (κ3) is 4.43. The van der Waals surface area contributed by atoms with Crippen molar-refractivity contribution in [3.8, 4) is 6.07 Å². The minimum Gasteiger partial charge on any atom is -0.452 e. The van der Waals surface area contributed by atoms with Gasteiger partial charge in [-0.05, 0) is 36.4 Å². The second kappa shape index (κ2) is 7.38. The number of nitriles is 1. The molecule has 0 atom stereocenters. The van der Waals surface area contributed by atoms with Gasteiger partial charge in [0, 0.05) is 10.2 Å². The van der Waals surface area contributed by atoms with Crippen molar-refractivity contribution < 1.29 is 14.3 Å². The minimum atomic E-state index is -0.581. The van der Waals surface area contributed by atoms with Crippen LogP contribution >= 0.6 is 15.9 Å². The van der Waals surface area contributed by atoms with E-state index in [9.17, 15) is 9.59 Å². The van der Waals surface area contributed by atoms with Gasteiger partial charge in [0.25, 0.3) is 5.91 Å². The zero-order valence-electron chi connectivity index (χ0n) is 11.4. The van der Waals surface area contributed by atoms with E-state index in [0.29, 0.717) is 16.8 Å². The van der Waals surface area contributed by atoms with E-state index in [0.717, 1.165) is 4.47 Å². The number of hydrogen-bond acceptors (Lipinski definition) is 4. The summed E-state index contributed by atoms with van der Waals surface area (Å²) in [7, 11) is 0. The Balaban J connectivity index is 1.90. The normalized spacial score (nSPS) is 9.64. The quantitative estimate of drug-likeness (QED) is 0.851. The number of nitrogens with one attached hydrogen (secondary N) is 1. The van der Waals surface area contributed by atoms with Gasteiger partial charge in [0.05, 0.1) is 17.2 Å². The molecule has 0 saturated carbocycles. The number of halogens is 1. The van der Waals surface area contributed by atoms with Crippen LogP contribution in [0.4, 0.5) is 5.69 Å². The number of nitrogens with zero attached hydrogens (tertiary/aromatic N) is 1. The lowest BCUT2D eigenvalue weighted by molar-refractivity contribution is -0.119. The molecule has 0 radical (unpaired) electrons. The highest BCUT2D eigenvalue weighted by Crippen LogP contribution is 2.13. The average molecular weight is 359 g/mol. The molecule has 0 spiro atoms. The Morgan fingerprint density at radius 2 is 1.95 bits per heavy atom. The van der Waals surface area contributed by atoms with Crippen LogP contribution in [0.5, 0.6) is 0 Å². The largest absolute Gasteiger partial charge is 0.452 e. The molecule has 2 aromatic carbocycles. The Hall–Kier alpha value is -2.65. The van der Waals surface area contributed by atoms with Gasteiger partial charge < -0.3 is 10.1 Å². The molecule has 0 aliphatic rings. The fraction of sp³-hybridized carbons (Fsp3) is 0.0625. The molecule has 0 fully saturated rings. The number of hydrogen-bond donors (Lipinski definition) is 1. The fourth-order valence-electron chi connectivity index (χ4n) is 1.69. The average Bonchev–Trinajstić information content (AvgIpc) is 2.52. The van der Waals surface area contributed by atoms with Crippen molar-refractivity contribution in [2.75, 3.05) is 11.9 Å². The van der Waals surface area contributed by atoms with Crippen molar-refractivity contribution in [2.45, 2.75) is 0 Å². The zero-order chi connectivity index (χ0) is 15.9. The second-order valence-corrected chi connectivity index (χ2v) is 5.24. The number of carbonyl (C=O) groups excluding carboxylic acids is 2. The lowest BCUT2D eigenvalue weighted by Crippen LogP contribution is -2.20. The maximum Gasteiger partial charge on any atom is 0.338 e. The summed E-state index contributed by atoms with van der Waals surface area (Å²) in [5.74, 6) is -1.05. The second-order valence-electron chi connectivity index (χ2n) is 4.33. The van der Waals surface area contributed by atoms with Crippen molar-refractivity contribution in [3.63, 3.8) is 0 Å². The summed E-state index contributed by atoms with van der Waals surface area (Å²) in [4.78, 5) is 23.5. The molecular weight excluding hydrogens is 348 g/mol. The van der Waals surface area contributed by atoms with Gasteiger partial charge in [0.15, 0.2) is 6.61 Å². The number of amides is 1. The van der Waals surface area contributed by atoms with E-state index in [1.54, 1.807) is 42.5 Å². The Morgan fingerprint density at radius 3 is 2.68 bits per heavy atom. The van der Waals surface area contributed by atoms with Crippen molar-refractivity contribution in [1.29, 1.82) is 5.26 Å². The fourth-order valence-corrected chi connectivity index (χ4v) is 2.09. The predicted molar refractivity (Wildman–Crippen MR) is 84.2 cm³/mol. The highest BCUT2D eigenvalue weighted by molar-refractivity contribution is 9.10. The van der Waals surface area contributed by atoms with E-state index < -0.39 is 18.5 Å². The van der Waals surface area contributed by atoms with Crippen LogP contribution in [0.25, 0.3) is 0 Å². The molecule has 0 unspecified atom stereocenters. The van der Waals surface area contributed by atoms with Gasteiger partial charge in [-0.3, -0.25) is 4.79 Å². The molecule has 0 aliphatic carbocycles. The molecule has 0 heterocycles. The number of rotatable bonds is 4. The van der Waals surface area contributed by atoms with Crippen LogP contribution in [-0.4, -0.2) is 18.5 Å². The summed E-state index contributed by atoms with van der Waals surface area (Å²) in [5.41, 5.74) is 1.26. The van der Waals surface area contributed by atoms with Crippen molar-refractivity contribution in [3.05, 3.63) is 64.1 Å². The SMILES string of the molecule is N#Cc1cccc(NC(=O)COC(=O)c2cccc(Br)c2)c1. The van der Waals surface area contributed by atoms with E-state index in [1.807, 2.05) is 6.07 Å². The molecule has 1 N–H and O–H groups in total. The first-order chi connectivity index (χ1) is 10.6. The summed E-state index contributed by atoms with van der Waals surface area (Å²) in [6, 6.07) is 15.1. The van der Waals surface area contributed by atoms with Gasteiger partial charge >= 0.3 is 5.97 Å². The Morgan fingerprint density at radius 1 is 1.18 bits per heavy atom. The first-order valence-corrected chi connectivity index (χ1v) is 7.10. The standard InChI is InChI=1S/C16H11BrN2O3/c17-13-5-2-4-12(8-13)16(21)22-10-15(20)19-14-6-1-3-11(7-14)9-18/h1-8H,10H2,(H,19,20). The molecule has 2 rings (SSSR count). The highest BCUT2D eigenvalue weighted by Gasteiger charge is 2.10. The van der Waals surface area contributed by atoms with Crippen molar-refractivity contribution >= 4 is 33.5 Å². The van der Waals surface area contributed by atoms with Gasteiger partial charge in [-0.15, -0.1) is 0 Å². The highest BCUT2D eigenvalue weighted by atomic mass is 79.9. The molecule has 1 amide bonds. The molecule has 22 heavy (non-hydrogen) atoms. The van der Waals surface area contributed by atoms with Crippen molar-refractivity contribution in [1.82, 2.24) is 0 Å². The molecule has 0 aromatic heterocycles. The minimum absolute atomic E-state index is 0.355. The Labute approximate surface area is 135 Å². The maximum absolute atomic E-state index is 11.8. The van der Waals surface area contributed by atoms with Crippen LogP contribution in [0.1, 0.15) is 15.9 Å². The Kier molecular flexibility index (Phi) is 5.28. The summed E-state index contributed by atoms with van der Waals surface area (Å²) < 4.78 is 5.69. The maximum atomic E-state index is 11.8. The molecular formula is C16H11BrN2O3. The van der Waals surface area contributed by atoms with Crippen LogP contribution < -0.4 is 5.32 Å². The van der Waals surface area contributed by atoms with Crippen LogP contribution in [0, 0.1) is 11.3 Å². The lowest BCUT2D eigenvalue weighted by Gasteiger charge is -2.07. The van der Waals surface area contributed by atoms with Crippen LogP contribution in [0.2, 0.25) is 0 Å². The van der Waals surface area contributed by atoms with Gasteiger partial charge in [-0.2, -0.15) is 5.26 Å². The summed E-state index contributed by atoms with van der Waals surface area (Å²) in [6.45, 7) is -0.401. The molecule has 5 nitrogen and oxygen atoms in total. The van der Waals surface area contributed by atoms with Crippen LogP contribution in [-0.2, 0) is 9.53 Å². The molecule has 2 aromatic rings. The van der Waals surface area contributed by atoms with Crippen molar-refractivity contribution in [2.24, 2.45) is 0 Å². The topological polar surface area (TPSA) is 79.2 Å². The molecule has 0 bridgehead atoms. The van der Waals surface area contributed by atoms with Crippen LogP contribution in [0.15, 0.2) is 53.0 Å². The number of esters is 1. The predicted octanol–water partition coefficient (Wildman–Crippen LogP) is 3.12. The first-order valence-electron chi connectivity index (χ1n) is 6.31. The van der Waals surface area contributed by atoms with E-state index in [2.05, 4.69) is 21.2 Å². The lowest BCUT2D eigenvalue weighted by atomic mass is 10.2.